The van der Waals surface area contributed by atoms with Crippen molar-refractivity contribution in [2.75, 3.05) is 7.11 Å². The Morgan fingerprint density at radius 3 is 2.47 bits per heavy atom. The van der Waals surface area contributed by atoms with Crippen LogP contribution in [0.5, 0.6) is 5.75 Å². The van der Waals surface area contributed by atoms with Gasteiger partial charge in [0.1, 0.15) is 11.4 Å². The lowest BCUT2D eigenvalue weighted by Crippen LogP contribution is -1.82. The summed E-state index contributed by atoms with van der Waals surface area (Å²) in [6.45, 7) is 0. The van der Waals surface area contributed by atoms with E-state index in [0.29, 0.717) is 16.5 Å². The monoisotopic (exact) mass is 246 g/mol. The molecular formula is C13H11ClN2O. The molecule has 0 amide bonds. The number of nitrogens with zero attached hydrogens (tertiary/aromatic N) is 2. The van der Waals surface area contributed by atoms with E-state index in [0.717, 1.165) is 5.69 Å². The first kappa shape index (κ1) is 11.6. The van der Waals surface area contributed by atoms with Crippen molar-refractivity contribution in [2.24, 2.45) is 10.2 Å². The van der Waals surface area contributed by atoms with Gasteiger partial charge in [0.15, 0.2) is 0 Å². The summed E-state index contributed by atoms with van der Waals surface area (Å²) in [6, 6.07) is 14.7. The molecule has 0 aromatic heterocycles. The number of rotatable bonds is 3. The summed E-state index contributed by atoms with van der Waals surface area (Å²) >= 11 is 5.86. The zero-order valence-corrected chi connectivity index (χ0v) is 10.1. The van der Waals surface area contributed by atoms with E-state index >= 15 is 0 Å². The third-order valence-electron chi connectivity index (χ3n) is 2.17. The van der Waals surface area contributed by atoms with Gasteiger partial charge >= 0.3 is 0 Å². The van der Waals surface area contributed by atoms with Crippen LogP contribution in [-0.4, -0.2) is 7.11 Å². The molecule has 2 rings (SSSR count). The highest BCUT2D eigenvalue weighted by atomic mass is 35.5. The first-order valence-corrected chi connectivity index (χ1v) is 5.48. The highest BCUT2D eigenvalue weighted by molar-refractivity contribution is 6.30. The van der Waals surface area contributed by atoms with Crippen molar-refractivity contribution < 1.29 is 4.74 Å². The second-order valence-corrected chi connectivity index (χ2v) is 3.79. The van der Waals surface area contributed by atoms with E-state index in [2.05, 4.69) is 10.2 Å². The molecule has 3 nitrogen and oxygen atoms in total. The number of azo groups is 1. The molecule has 86 valence electrons. The minimum absolute atomic E-state index is 0.609. The summed E-state index contributed by atoms with van der Waals surface area (Å²) in [5.41, 5.74) is 1.45. The molecule has 0 aliphatic heterocycles. The van der Waals surface area contributed by atoms with E-state index in [1.54, 1.807) is 25.3 Å². The Morgan fingerprint density at radius 2 is 1.76 bits per heavy atom. The number of benzene rings is 2. The second kappa shape index (κ2) is 5.46. The molecule has 4 heteroatoms. The second-order valence-electron chi connectivity index (χ2n) is 3.35. The van der Waals surface area contributed by atoms with Crippen molar-refractivity contribution in [3.8, 4) is 5.75 Å². The SMILES string of the molecule is COc1cc(Cl)ccc1/N=N/c1ccccc1. The average molecular weight is 247 g/mol. The summed E-state index contributed by atoms with van der Waals surface area (Å²) in [6.07, 6.45) is 0. The van der Waals surface area contributed by atoms with Gasteiger partial charge in [-0.25, -0.2) is 0 Å². The molecular weight excluding hydrogens is 236 g/mol. The van der Waals surface area contributed by atoms with Gasteiger partial charge in [0.05, 0.1) is 12.8 Å². The van der Waals surface area contributed by atoms with Crippen LogP contribution in [0.2, 0.25) is 5.02 Å². The fraction of sp³-hybridized carbons (Fsp3) is 0.0769. The third-order valence-corrected chi connectivity index (χ3v) is 2.41. The van der Waals surface area contributed by atoms with E-state index in [1.807, 2.05) is 30.3 Å². The van der Waals surface area contributed by atoms with Crippen LogP contribution in [0.25, 0.3) is 0 Å². The Morgan fingerprint density at radius 1 is 1.00 bits per heavy atom. The standard InChI is InChI=1S/C13H11ClN2O/c1-17-13-9-10(14)7-8-12(13)16-15-11-5-3-2-4-6-11/h2-9H,1H3/b16-15+. The maximum absolute atomic E-state index is 5.86. The highest BCUT2D eigenvalue weighted by Crippen LogP contribution is 2.31. The minimum atomic E-state index is 0.609. The zero-order chi connectivity index (χ0) is 12.1. The van der Waals surface area contributed by atoms with Crippen LogP contribution in [-0.2, 0) is 0 Å². The topological polar surface area (TPSA) is 34.0 Å². The smallest absolute Gasteiger partial charge is 0.147 e. The summed E-state index contributed by atoms with van der Waals surface area (Å²) in [5.74, 6) is 0.609. The van der Waals surface area contributed by atoms with Crippen molar-refractivity contribution in [1.29, 1.82) is 0 Å². The Balaban J connectivity index is 2.27. The van der Waals surface area contributed by atoms with Crippen molar-refractivity contribution in [3.63, 3.8) is 0 Å². The van der Waals surface area contributed by atoms with Gasteiger partial charge in [-0.05, 0) is 24.3 Å². The highest BCUT2D eigenvalue weighted by Gasteiger charge is 2.02. The molecule has 2 aromatic carbocycles. The van der Waals surface area contributed by atoms with Gasteiger partial charge in [0.25, 0.3) is 0 Å². The van der Waals surface area contributed by atoms with Crippen LogP contribution in [0.1, 0.15) is 0 Å². The molecule has 0 heterocycles. The zero-order valence-electron chi connectivity index (χ0n) is 9.30. The molecule has 0 spiro atoms. The van der Waals surface area contributed by atoms with Crippen LogP contribution in [0.4, 0.5) is 11.4 Å². The Kier molecular flexibility index (Phi) is 3.73. The molecule has 17 heavy (non-hydrogen) atoms. The molecule has 0 saturated heterocycles. The van der Waals surface area contributed by atoms with E-state index < -0.39 is 0 Å². The fourth-order valence-corrected chi connectivity index (χ4v) is 1.50. The molecule has 0 bridgehead atoms. The van der Waals surface area contributed by atoms with Gasteiger partial charge in [-0.1, -0.05) is 29.8 Å². The van der Waals surface area contributed by atoms with E-state index in [9.17, 15) is 0 Å². The Bertz CT molecular complexity index is 526. The molecule has 0 saturated carbocycles. The van der Waals surface area contributed by atoms with Crippen LogP contribution in [0.15, 0.2) is 58.8 Å². The van der Waals surface area contributed by atoms with Crippen molar-refractivity contribution in [2.45, 2.75) is 0 Å². The quantitative estimate of drug-likeness (QED) is 0.719. The van der Waals surface area contributed by atoms with Crippen molar-refractivity contribution in [3.05, 3.63) is 53.6 Å². The summed E-state index contributed by atoms with van der Waals surface area (Å²) < 4.78 is 5.18. The lowest BCUT2D eigenvalue weighted by molar-refractivity contribution is 0.416. The summed E-state index contributed by atoms with van der Waals surface area (Å²) in [5, 5.41) is 8.86. The van der Waals surface area contributed by atoms with Crippen molar-refractivity contribution in [1.82, 2.24) is 0 Å². The van der Waals surface area contributed by atoms with E-state index in [-0.39, 0.29) is 0 Å². The number of methoxy groups -OCH3 is 1. The van der Waals surface area contributed by atoms with Gasteiger partial charge in [0, 0.05) is 11.1 Å². The normalized spacial score (nSPS) is 10.7. The fourth-order valence-electron chi connectivity index (χ4n) is 1.34. The largest absolute Gasteiger partial charge is 0.494 e. The first-order chi connectivity index (χ1) is 8.29. The predicted molar refractivity (Wildman–Crippen MR) is 68.6 cm³/mol. The average Bonchev–Trinajstić information content (AvgIpc) is 2.38. The molecule has 0 aliphatic rings. The lowest BCUT2D eigenvalue weighted by Gasteiger charge is -2.03. The molecule has 2 aromatic rings. The maximum atomic E-state index is 5.86. The maximum Gasteiger partial charge on any atom is 0.147 e. The number of hydrogen-bond donors (Lipinski definition) is 0. The van der Waals surface area contributed by atoms with Gasteiger partial charge < -0.3 is 4.74 Å². The predicted octanol–water partition coefficient (Wildman–Crippen LogP) is 4.76. The number of halogens is 1. The van der Waals surface area contributed by atoms with Gasteiger partial charge in [0.2, 0.25) is 0 Å². The van der Waals surface area contributed by atoms with Gasteiger partial charge in [-0.2, -0.15) is 5.11 Å². The van der Waals surface area contributed by atoms with Crippen molar-refractivity contribution >= 4 is 23.0 Å². The molecule has 0 N–H and O–H groups in total. The third kappa shape index (κ3) is 3.04. The summed E-state index contributed by atoms with van der Waals surface area (Å²) in [7, 11) is 1.58. The van der Waals surface area contributed by atoms with Crippen LogP contribution >= 0.6 is 11.6 Å². The minimum Gasteiger partial charge on any atom is -0.494 e. The molecule has 0 atom stereocenters. The number of hydrogen-bond acceptors (Lipinski definition) is 3. The van der Waals surface area contributed by atoms with Crippen LogP contribution in [0, 0.1) is 0 Å². The molecule has 0 unspecified atom stereocenters. The molecule has 0 radical (unpaired) electrons. The Hall–Kier alpha value is -1.87. The molecule has 0 aliphatic carbocycles. The van der Waals surface area contributed by atoms with Crippen LogP contribution in [0.3, 0.4) is 0 Å². The lowest BCUT2D eigenvalue weighted by atomic mass is 10.3. The molecule has 0 fully saturated rings. The van der Waals surface area contributed by atoms with E-state index in [1.165, 1.54) is 0 Å². The van der Waals surface area contributed by atoms with Crippen LogP contribution < -0.4 is 4.74 Å². The van der Waals surface area contributed by atoms with Gasteiger partial charge in [-0.3, -0.25) is 0 Å². The Labute approximate surface area is 105 Å². The first-order valence-electron chi connectivity index (χ1n) is 5.10. The van der Waals surface area contributed by atoms with E-state index in [4.69, 9.17) is 16.3 Å². The van der Waals surface area contributed by atoms with Gasteiger partial charge in [-0.15, -0.1) is 5.11 Å². The number of ether oxygens (including phenoxy) is 1. The summed E-state index contributed by atoms with van der Waals surface area (Å²) in [4.78, 5) is 0.